The maximum atomic E-state index is 12.3. The Kier molecular flexibility index (Phi) is 6.86. The average molecular weight is 414 g/mol. The van der Waals surface area contributed by atoms with E-state index in [4.69, 9.17) is 21.1 Å². The third kappa shape index (κ3) is 5.36. The quantitative estimate of drug-likeness (QED) is 0.562. The second-order valence-electron chi connectivity index (χ2n) is 5.96. The fraction of sp³-hybridized carbons (Fsp3) is 0.190. The maximum absolute atomic E-state index is 12.3. The lowest BCUT2D eigenvalue weighted by Crippen LogP contribution is -2.17. The standard InChI is InChI=1S/C21H20ClN3O4/c1-2-28-21(27)17-11-13-25(24-17)18-9-5-4-8-16(18)23-20(26)12-14-29-19-10-6-3-7-15(19)22/h3-11,13H,2,12,14H2,1H3,(H,23,26). The van der Waals surface area contributed by atoms with Gasteiger partial charge in [-0.2, -0.15) is 5.10 Å². The summed E-state index contributed by atoms with van der Waals surface area (Å²) in [6, 6.07) is 15.8. The van der Waals surface area contributed by atoms with Crippen molar-refractivity contribution in [2.45, 2.75) is 13.3 Å². The monoisotopic (exact) mass is 413 g/mol. The molecule has 1 N–H and O–H groups in total. The molecule has 0 aliphatic heterocycles. The summed E-state index contributed by atoms with van der Waals surface area (Å²) in [6.45, 7) is 2.19. The van der Waals surface area contributed by atoms with Crippen LogP contribution >= 0.6 is 11.6 Å². The Bertz CT molecular complexity index is 1000. The smallest absolute Gasteiger partial charge is 0.358 e. The van der Waals surface area contributed by atoms with E-state index < -0.39 is 5.97 Å². The second-order valence-corrected chi connectivity index (χ2v) is 6.37. The van der Waals surface area contributed by atoms with E-state index in [2.05, 4.69) is 10.4 Å². The number of ether oxygens (including phenoxy) is 2. The summed E-state index contributed by atoms with van der Waals surface area (Å²) in [4.78, 5) is 24.2. The molecule has 29 heavy (non-hydrogen) atoms. The average Bonchev–Trinajstić information content (AvgIpc) is 3.20. The molecule has 8 heteroatoms. The van der Waals surface area contributed by atoms with Gasteiger partial charge in [0, 0.05) is 6.20 Å². The molecule has 0 saturated carbocycles. The summed E-state index contributed by atoms with van der Waals surface area (Å²) in [5.74, 6) is -0.183. The summed E-state index contributed by atoms with van der Waals surface area (Å²) < 4.78 is 12.0. The number of amides is 1. The Morgan fingerprint density at radius 3 is 2.66 bits per heavy atom. The summed E-state index contributed by atoms with van der Waals surface area (Å²) in [5.41, 5.74) is 1.39. The van der Waals surface area contributed by atoms with Crippen LogP contribution in [0.4, 0.5) is 5.69 Å². The number of hydrogen-bond donors (Lipinski definition) is 1. The van der Waals surface area contributed by atoms with Gasteiger partial charge in [-0.3, -0.25) is 4.79 Å². The molecule has 2 aromatic carbocycles. The molecule has 150 valence electrons. The van der Waals surface area contributed by atoms with Crippen molar-refractivity contribution in [3.05, 3.63) is 71.5 Å². The molecule has 3 rings (SSSR count). The van der Waals surface area contributed by atoms with Crippen LogP contribution in [-0.2, 0) is 9.53 Å². The van der Waals surface area contributed by atoms with Crippen molar-refractivity contribution in [2.24, 2.45) is 0 Å². The number of carbonyl (C=O) groups is 2. The lowest BCUT2D eigenvalue weighted by atomic mass is 10.2. The number of para-hydroxylation sites is 3. The summed E-state index contributed by atoms with van der Waals surface area (Å²) in [6.07, 6.45) is 1.78. The third-order valence-electron chi connectivity index (χ3n) is 3.92. The molecule has 3 aromatic rings. The minimum absolute atomic E-state index is 0.146. The lowest BCUT2D eigenvalue weighted by Gasteiger charge is -2.12. The number of rotatable bonds is 8. The van der Waals surface area contributed by atoms with Crippen molar-refractivity contribution in [3.8, 4) is 11.4 Å². The molecule has 0 saturated heterocycles. The zero-order chi connectivity index (χ0) is 20.6. The first kappa shape index (κ1) is 20.4. The Morgan fingerprint density at radius 1 is 1.10 bits per heavy atom. The van der Waals surface area contributed by atoms with Gasteiger partial charge in [-0.05, 0) is 37.3 Å². The number of hydrogen-bond acceptors (Lipinski definition) is 5. The molecule has 0 atom stereocenters. The van der Waals surface area contributed by atoms with Crippen molar-refractivity contribution in [1.29, 1.82) is 0 Å². The van der Waals surface area contributed by atoms with E-state index in [1.165, 1.54) is 4.68 Å². The van der Waals surface area contributed by atoms with E-state index in [0.29, 0.717) is 22.1 Å². The number of esters is 1. The highest BCUT2D eigenvalue weighted by Gasteiger charge is 2.14. The normalized spacial score (nSPS) is 10.4. The van der Waals surface area contributed by atoms with Gasteiger partial charge in [0.05, 0.1) is 36.0 Å². The largest absolute Gasteiger partial charge is 0.491 e. The van der Waals surface area contributed by atoms with Crippen LogP contribution in [0.25, 0.3) is 5.69 Å². The zero-order valence-corrected chi connectivity index (χ0v) is 16.6. The SMILES string of the molecule is CCOC(=O)c1ccn(-c2ccccc2NC(=O)CCOc2ccccc2Cl)n1. The first-order valence-electron chi connectivity index (χ1n) is 9.08. The minimum Gasteiger partial charge on any atom is -0.491 e. The van der Waals surface area contributed by atoms with E-state index in [0.717, 1.165) is 0 Å². The number of anilines is 1. The van der Waals surface area contributed by atoms with Crippen LogP contribution < -0.4 is 10.1 Å². The molecular weight excluding hydrogens is 394 g/mol. The molecule has 7 nitrogen and oxygen atoms in total. The Labute approximate surface area is 173 Å². The third-order valence-corrected chi connectivity index (χ3v) is 4.23. The number of nitrogens with one attached hydrogen (secondary N) is 1. The molecule has 0 radical (unpaired) electrons. The Morgan fingerprint density at radius 2 is 1.86 bits per heavy atom. The molecule has 0 aliphatic rings. The van der Waals surface area contributed by atoms with Crippen LogP contribution in [0.1, 0.15) is 23.8 Å². The highest BCUT2D eigenvalue weighted by Crippen LogP contribution is 2.23. The van der Waals surface area contributed by atoms with Gasteiger partial charge < -0.3 is 14.8 Å². The van der Waals surface area contributed by atoms with E-state index in [-0.39, 0.29) is 31.2 Å². The first-order chi connectivity index (χ1) is 14.1. The van der Waals surface area contributed by atoms with Crippen molar-refractivity contribution in [3.63, 3.8) is 0 Å². The van der Waals surface area contributed by atoms with Gasteiger partial charge in [-0.1, -0.05) is 35.9 Å². The number of aromatic nitrogens is 2. The molecule has 1 aromatic heterocycles. The first-order valence-corrected chi connectivity index (χ1v) is 9.45. The van der Waals surface area contributed by atoms with Gasteiger partial charge in [0.1, 0.15) is 5.75 Å². The molecule has 1 heterocycles. The second kappa shape index (κ2) is 9.75. The van der Waals surface area contributed by atoms with Crippen molar-refractivity contribution < 1.29 is 19.1 Å². The van der Waals surface area contributed by atoms with Crippen LogP contribution in [0.15, 0.2) is 60.8 Å². The highest BCUT2D eigenvalue weighted by molar-refractivity contribution is 6.32. The predicted octanol–water partition coefficient (Wildman–Crippen LogP) is 4.11. The van der Waals surface area contributed by atoms with Gasteiger partial charge in [-0.15, -0.1) is 0 Å². The zero-order valence-electron chi connectivity index (χ0n) is 15.8. The Hall–Kier alpha value is -3.32. The maximum Gasteiger partial charge on any atom is 0.358 e. The minimum atomic E-state index is -0.496. The summed E-state index contributed by atoms with van der Waals surface area (Å²) in [7, 11) is 0. The van der Waals surface area contributed by atoms with Gasteiger partial charge in [0.2, 0.25) is 5.91 Å². The van der Waals surface area contributed by atoms with Crippen LogP contribution in [0.3, 0.4) is 0 Å². The number of benzene rings is 2. The van der Waals surface area contributed by atoms with Crippen LogP contribution in [0.5, 0.6) is 5.75 Å². The molecule has 0 spiro atoms. The molecule has 0 bridgehead atoms. The number of carbonyl (C=O) groups excluding carboxylic acids is 2. The Balaban J connectivity index is 1.64. The van der Waals surface area contributed by atoms with Crippen molar-refractivity contribution >= 4 is 29.2 Å². The highest BCUT2D eigenvalue weighted by atomic mass is 35.5. The van der Waals surface area contributed by atoms with Crippen molar-refractivity contribution in [2.75, 3.05) is 18.5 Å². The van der Waals surface area contributed by atoms with Crippen LogP contribution in [0.2, 0.25) is 5.02 Å². The van der Waals surface area contributed by atoms with E-state index in [1.54, 1.807) is 49.5 Å². The van der Waals surface area contributed by atoms with Crippen LogP contribution in [0, 0.1) is 0 Å². The number of nitrogens with zero attached hydrogens (tertiary/aromatic N) is 2. The molecular formula is C21H20ClN3O4. The van der Waals surface area contributed by atoms with Gasteiger partial charge in [0.25, 0.3) is 0 Å². The van der Waals surface area contributed by atoms with Gasteiger partial charge >= 0.3 is 5.97 Å². The topological polar surface area (TPSA) is 82.5 Å². The summed E-state index contributed by atoms with van der Waals surface area (Å²) >= 11 is 6.03. The fourth-order valence-electron chi connectivity index (χ4n) is 2.58. The van der Waals surface area contributed by atoms with E-state index >= 15 is 0 Å². The fourth-order valence-corrected chi connectivity index (χ4v) is 2.77. The predicted molar refractivity (Wildman–Crippen MR) is 110 cm³/mol. The molecule has 0 unspecified atom stereocenters. The van der Waals surface area contributed by atoms with Crippen molar-refractivity contribution in [1.82, 2.24) is 9.78 Å². The lowest BCUT2D eigenvalue weighted by molar-refractivity contribution is -0.116. The van der Waals surface area contributed by atoms with E-state index in [1.807, 2.05) is 18.2 Å². The van der Waals surface area contributed by atoms with Gasteiger partial charge in [0.15, 0.2) is 5.69 Å². The number of halogens is 1. The summed E-state index contributed by atoms with van der Waals surface area (Å²) in [5, 5.41) is 7.57. The molecule has 0 aliphatic carbocycles. The van der Waals surface area contributed by atoms with E-state index in [9.17, 15) is 9.59 Å². The van der Waals surface area contributed by atoms with Gasteiger partial charge in [-0.25, -0.2) is 9.48 Å². The van der Waals surface area contributed by atoms with Crippen LogP contribution in [-0.4, -0.2) is 34.9 Å². The molecule has 1 amide bonds. The molecule has 0 fully saturated rings.